The zero-order valence-corrected chi connectivity index (χ0v) is 12.0. The number of carbonyl (C=O) groups excluding carboxylic acids is 1. The van der Waals surface area contributed by atoms with Gasteiger partial charge in [-0.25, -0.2) is 0 Å². The number of carbonyl (C=O) groups is 1. The minimum atomic E-state index is -0.811. The average Bonchev–Trinajstić information content (AvgIpc) is 2.84. The van der Waals surface area contributed by atoms with Gasteiger partial charge in [-0.05, 0) is 26.8 Å². The highest BCUT2D eigenvalue weighted by Crippen LogP contribution is 2.19. The van der Waals surface area contributed by atoms with Crippen LogP contribution in [-0.4, -0.2) is 58.0 Å². The molecule has 2 heterocycles. The molecule has 1 aromatic rings. The van der Waals surface area contributed by atoms with E-state index in [0.717, 1.165) is 17.9 Å². The lowest BCUT2D eigenvalue weighted by Gasteiger charge is -2.28. The Balaban J connectivity index is 2.15. The summed E-state index contributed by atoms with van der Waals surface area (Å²) in [5.74, 6) is -0.0802. The topological polar surface area (TPSA) is 70.4 Å². The van der Waals surface area contributed by atoms with Crippen LogP contribution in [0.25, 0.3) is 0 Å². The van der Waals surface area contributed by atoms with Crippen LogP contribution in [0, 0.1) is 13.8 Å². The largest absolute Gasteiger partial charge is 0.387 e. The maximum Gasteiger partial charge on any atom is 0.257 e. The molecule has 1 aromatic heterocycles. The zero-order chi connectivity index (χ0) is 14.2. The second-order valence-electron chi connectivity index (χ2n) is 5.48. The van der Waals surface area contributed by atoms with Gasteiger partial charge in [-0.15, -0.1) is 0 Å². The fraction of sp³-hybridized carbons (Fsp3) is 0.692. The number of hydrogen-bond acceptors (Lipinski definition) is 4. The Bertz CT molecular complexity index is 489. The van der Waals surface area contributed by atoms with Crippen molar-refractivity contribution in [2.75, 3.05) is 26.7 Å². The number of hydrogen-bond donors (Lipinski definition) is 2. The van der Waals surface area contributed by atoms with Gasteiger partial charge in [0.25, 0.3) is 5.91 Å². The first-order chi connectivity index (χ1) is 8.84. The van der Waals surface area contributed by atoms with Crippen molar-refractivity contribution in [2.45, 2.75) is 25.9 Å². The molecule has 1 amide bonds. The number of aromatic nitrogens is 2. The van der Waals surface area contributed by atoms with Gasteiger partial charge in [-0.3, -0.25) is 9.48 Å². The standard InChI is InChI=1S/C13H22N4O2/c1-9-11(10(2)17(4)15-9)12(18)16(3)8-13(19)5-6-14-7-13/h14,19H,5-8H2,1-4H3. The summed E-state index contributed by atoms with van der Waals surface area (Å²) in [4.78, 5) is 14.1. The number of nitrogens with one attached hydrogen (secondary N) is 1. The lowest BCUT2D eigenvalue weighted by molar-refractivity contribution is 0.0252. The molecule has 1 unspecified atom stereocenters. The highest BCUT2D eigenvalue weighted by atomic mass is 16.3. The molecule has 0 bridgehead atoms. The van der Waals surface area contributed by atoms with Crippen molar-refractivity contribution in [1.29, 1.82) is 0 Å². The molecule has 1 fully saturated rings. The number of nitrogens with zero attached hydrogens (tertiary/aromatic N) is 3. The van der Waals surface area contributed by atoms with Crippen molar-refractivity contribution in [3.63, 3.8) is 0 Å². The van der Waals surface area contributed by atoms with E-state index >= 15 is 0 Å². The number of amides is 1. The first kappa shape index (κ1) is 14.0. The first-order valence-electron chi connectivity index (χ1n) is 6.53. The highest BCUT2D eigenvalue weighted by Gasteiger charge is 2.34. The number of aryl methyl sites for hydroxylation is 2. The summed E-state index contributed by atoms with van der Waals surface area (Å²) in [6.07, 6.45) is 0.676. The molecule has 0 aliphatic carbocycles. The monoisotopic (exact) mass is 266 g/mol. The van der Waals surface area contributed by atoms with Crippen LogP contribution in [0.1, 0.15) is 28.2 Å². The SMILES string of the molecule is Cc1nn(C)c(C)c1C(=O)N(C)CC1(O)CCNC1. The van der Waals surface area contributed by atoms with Crippen LogP contribution in [0.15, 0.2) is 0 Å². The second-order valence-corrected chi connectivity index (χ2v) is 5.48. The van der Waals surface area contributed by atoms with Crippen molar-refractivity contribution in [3.05, 3.63) is 17.0 Å². The van der Waals surface area contributed by atoms with Gasteiger partial charge in [0, 0.05) is 26.3 Å². The molecule has 1 aliphatic heterocycles. The van der Waals surface area contributed by atoms with Crippen molar-refractivity contribution in [1.82, 2.24) is 20.0 Å². The van der Waals surface area contributed by atoms with Gasteiger partial charge in [-0.2, -0.15) is 5.10 Å². The third-order valence-corrected chi connectivity index (χ3v) is 3.82. The minimum absolute atomic E-state index is 0.0802. The Kier molecular flexibility index (Phi) is 3.64. The van der Waals surface area contributed by atoms with Crippen LogP contribution < -0.4 is 5.32 Å². The smallest absolute Gasteiger partial charge is 0.257 e. The Labute approximate surface area is 113 Å². The van der Waals surface area contributed by atoms with E-state index in [0.29, 0.717) is 25.1 Å². The van der Waals surface area contributed by atoms with Gasteiger partial charge in [0.15, 0.2) is 0 Å². The predicted molar refractivity (Wildman–Crippen MR) is 72.1 cm³/mol. The molecule has 0 radical (unpaired) electrons. The molecule has 0 saturated carbocycles. The molecule has 0 aromatic carbocycles. The number of β-amino-alcohol motifs (C(OH)–C–C–N with tert-alkyl or cyclic N) is 1. The van der Waals surface area contributed by atoms with Gasteiger partial charge in [-0.1, -0.05) is 0 Å². The van der Waals surface area contributed by atoms with Gasteiger partial charge < -0.3 is 15.3 Å². The van der Waals surface area contributed by atoms with Gasteiger partial charge in [0.05, 0.1) is 23.4 Å². The molecule has 2 rings (SSSR count). The zero-order valence-electron chi connectivity index (χ0n) is 12.0. The van der Waals surface area contributed by atoms with Crippen molar-refractivity contribution >= 4 is 5.91 Å². The molecular formula is C13H22N4O2. The lowest BCUT2D eigenvalue weighted by Crippen LogP contribution is -2.45. The quantitative estimate of drug-likeness (QED) is 0.797. The molecule has 1 saturated heterocycles. The summed E-state index contributed by atoms with van der Waals surface area (Å²) < 4.78 is 1.71. The lowest BCUT2D eigenvalue weighted by atomic mass is 10.0. The summed E-state index contributed by atoms with van der Waals surface area (Å²) in [6.45, 7) is 5.39. The average molecular weight is 266 g/mol. The van der Waals surface area contributed by atoms with Crippen molar-refractivity contribution < 1.29 is 9.90 Å². The summed E-state index contributed by atoms with van der Waals surface area (Å²) in [5, 5.41) is 17.7. The molecule has 0 spiro atoms. The van der Waals surface area contributed by atoms with Crippen molar-refractivity contribution in [2.24, 2.45) is 7.05 Å². The summed E-state index contributed by atoms with van der Waals surface area (Å²) in [5.41, 5.74) is 1.41. The summed E-state index contributed by atoms with van der Waals surface area (Å²) in [7, 11) is 3.55. The number of rotatable bonds is 3. The molecule has 1 atom stereocenters. The third kappa shape index (κ3) is 2.64. The molecule has 6 heteroatoms. The van der Waals surface area contributed by atoms with Crippen molar-refractivity contribution in [3.8, 4) is 0 Å². The maximum absolute atomic E-state index is 12.5. The molecular weight excluding hydrogens is 244 g/mol. The fourth-order valence-electron chi connectivity index (χ4n) is 2.65. The van der Waals surface area contributed by atoms with Crippen LogP contribution >= 0.6 is 0 Å². The molecule has 1 aliphatic rings. The molecule has 106 valence electrons. The fourth-order valence-corrected chi connectivity index (χ4v) is 2.65. The Morgan fingerprint density at radius 3 is 2.74 bits per heavy atom. The Morgan fingerprint density at radius 2 is 2.26 bits per heavy atom. The number of aliphatic hydroxyl groups is 1. The Morgan fingerprint density at radius 1 is 1.58 bits per heavy atom. The predicted octanol–water partition coefficient (Wildman–Crippen LogP) is -0.167. The van der Waals surface area contributed by atoms with E-state index in [1.165, 1.54) is 0 Å². The van der Waals surface area contributed by atoms with Crippen LogP contribution in [0.3, 0.4) is 0 Å². The van der Waals surface area contributed by atoms with E-state index in [1.54, 1.807) is 16.6 Å². The van der Waals surface area contributed by atoms with E-state index in [9.17, 15) is 9.90 Å². The van der Waals surface area contributed by atoms with Crippen LogP contribution in [-0.2, 0) is 7.05 Å². The van der Waals surface area contributed by atoms with Crippen LogP contribution in [0.5, 0.6) is 0 Å². The molecule has 2 N–H and O–H groups in total. The van der Waals surface area contributed by atoms with Crippen LogP contribution in [0.4, 0.5) is 0 Å². The normalized spacial score (nSPS) is 22.8. The maximum atomic E-state index is 12.5. The minimum Gasteiger partial charge on any atom is -0.387 e. The van der Waals surface area contributed by atoms with Gasteiger partial charge in [0.2, 0.25) is 0 Å². The van der Waals surface area contributed by atoms with E-state index in [4.69, 9.17) is 0 Å². The Hall–Kier alpha value is -1.40. The van der Waals surface area contributed by atoms with E-state index in [2.05, 4.69) is 10.4 Å². The van der Waals surface area contributed by atoms with E-state index in [-0.39, 0.29) is 5.91 Å². The number of likely N-dealkylation sites (N-methyl/N-ethyl adjacent to an activating group) is 1. The summed E-state index contributed by atoms with van der Waals surface area (Å²) in [6, 6.07) is 0. The molecule has 19 heavy (non-hydrogen) atoms. The molecule has 6 nitrogen and oxygen atoms in total. The second kappa shape index (κ2) is 4.94. The van der Waals surface area contributed by atoms with Crippen LogP contribution in [0.2, 0.25) is 0 Å². The third-order valence-electron chi connectivity index (χ3n) is 3.82. The summed E-state index contributed by atoms with van der Waals surface area (Å²) >= 11 is 0. The van der Waals surface area contributed by atoms with E-state index < -0.39 is 5.60 Å². The van der Waals surface area contributed by atoms with E-state index in [1.807, 2.05) is 20.9 Å². The highest BCUT2D eigenvalue weighted by molar-refractivity contribution is 5.96. The van der Waals surface area contributed by atoms with Gasteiger partial charge in [0.1, 0.15) is 0 Å². The van der Waals surface area contributed by atoms with Gasteiger partial charge >= 0.3 is 0 Å². The first-order valence-corrected chi connectivity index (χ1v) is 6.53.